The van der Waals surface area contributed by atoms with Crippen molar-refractivity contribution >= 4 is 11.8 Å². The summed E-state index contributed by atoms with van der Waals surface area (Å²) >= 11 is 0. The number of aliphatic carboxylic acids is 1. The number of aromatic nitrogens is 2. The minimum atomic E-state index is -1.06. The summed E-state index contributed by atoms with van der Waals surface area (Å²) in [6.45, 7) is 2.33. The Morgan fingerprint density at radius 3 is 2.70 bits per heavy atom. The van der Waals surface area contributed by atoms with E-state index in [1.54, 1.807) is 18.7 Å². The van der Waals surface area contributed by atoms with Gasteiger partial charge in [0.2, 0.25) is 0 Å². The molecule has 1 aliphatic rings. The second-order valence-electron chi connectivity index (χ2n) is 5.87. The van der Waals surface area contributed by atoms with Crippen molar-refractivity contribution in [2.24, 2.45) is 11.8 Å². The maximum absolute atomic E-state index is 12.4. The Hall–Kier alpha value is -2.63. The van der Waals surface area contributed by atoms with Gasteiger partial charge < -0.3 is 9.84 Å². The molecule has 2 atom stereocenters. The first kappa shape index (κ1) is 15.3. The lowest BCUT2D eigenvalue weighted by atomic mass is 9.78. The molecule has 0 fully saturated rings. The molecule has 1 aliphatic carbocycles. The van der Waals surface area contributed by atoms with Crippen LogP contribution >= 0.6 is 0 Å². The van der Waals surface area contributed by atoms with Crippen LogP contribution in [-0.4, -0.2) is 33.7 Å². The van der Waals surface area contributed by atoms with Crippen LogP contribution in [-0.2, 0) is 17.8 Å². The number of benzene rings is 1. The average Bonchev–Trinajstić information content (AvgIpc) is 2.91. The summed E-state index contributed by atoms with van der Waals surface area (Å²) in [6.07, 6.45) is 2.03. The zero-order valence-corrected chi connectivity index (χ0v) is 13.0. The summed E-state index contributed by atoms with van der Waals surface area (Å²) < 4.78 is 6.92. The molecular weight excluding hydrogens is 296 g/mol. The molecule has 6 heteroatoms. The Balaban J connectivity index is 1.88. The first-order chi connectivity index (χ1) is 11.0. The van der Waals surface area contributed by atoms with Crippen LogP contribution in [0.1, 0.15) is 28.5 Å². The van der Waals surface area contributed by atoms with E-state index in [9.17, 15) is 14.7 Å². The monoisotopic (exact) mass is 314 g/mol. The molecule has 1 aromatic carbocycles. The fourth-order valence-corrected chi connectivity index (χ4v) is 3.08. The predicted molar refractivity (Wildman–Crippen MR) is 82.6 cm³/mol. The van der Waals surface area contributed by atoms with E-state index >= 15 is 0 Å². The summed E-state index contributed by atoms with van der Waals surface area (Å²) in [5.74, 6) is -1.83. The third-order valence-corrected chi connectivity index (χ3v) is 4.34. The smallest absolute Gasteiger partial charge is 0.314 e. The maximum atomic E-state index is 12.4. The summed E-state index contributed by atoms with van der Waals surface area (Å²) in [6, 6.07) is 7.64. The number of Topliss-reactive ketones (excluding diaryl/α,β-unsaturated/α-hetero) is 1. The van der Waals surface area contributed by atoms with Gasteiger partial charge in [-0.2, -0.15) is 5.10 Å². The number of methoxy groups -OCH3 is 1. The molecule has 1 heterocycles. The SMILES string of the molecule is COc1ccc(Cn2ncc3c2CC(C)C(C(=O)O)C3=O)cc1. The summed E-state index contributed by atoms with van der Waals surface area (Å²) in [5, 5.41) is 13.5. The predicted octanol–water partition coefficient (Wildman–Crippen LogP) is 2.02. The highest BCUT2D eigenvalue weighted by Gasteiger charge is 2.40. The number of carbonyl (C=O) groups is 2. The second kappa shape index (κ2) is 5.87. The van der Waals surface area contributed by atoms with Gasteiger partial charge in [-0.05, 0) is 30.0 Å². The van der Waals surface area contributed by atoms with E-state index < -0.39 is 11.9 Å². The number of fused-ring (bicyclic) bond motifs is 1. The van der Waals surface area contributed by atoms with E-state index in [0.29, 0.717) is 18.5 Å². The zero-order valence-electron chi connectivity index (χ0n) is 13.0. The van der Waals surface area contributed by atoms with Gasteiger partial charge in [0.1, 0.15) is 11.7 Å². The van der Waals surface area contributed by atoms with Gasteiger partial charge in [0.25, 0.3) is 0 Å². The van der Waals surface area contributed by atoms with Crippen LogP contribution in [0.15, 0.2) is 30.5 Å². The Labute approximate surface area is 133 Å². The van der Waals surface area contributed by atoms with E-state index in [-0.39, 0.29) is 11.7 Å². The molecule has 2 unspecified atom stereocenters. The van der Waals surface area contributed by atoms with Crippen molar-refractivity contribution in [2.45, 2.75) is 19.9 Å². The summed E-state index contributed by atoms with van der Waals surface area (Å²) in [4.78, 5) is 23.7. The molecule has 1 aromatic heterocycles. The van der Waals surface area contributed by atoms with E-state index in [1.165, 1.54) is 6.20 Å². The average molecular weight is 314 g/mol. The molecule has 6 nitrogen and oxygen atoms in total. The molecule has 0 aliphatic heterocycles. The minimum Gasteiger partial charge on any atom is -0.497 e. The number of carbonyl (C=O) groups excluding carboxylic acids is 1. The molecule has 1 N–H and O–H groups in total. The quantitative estimate of drug-likeness (QED) is 0.873. The first-order valence-corrected chi connectivity index (χ1v) is 7.46. The third-order valence-electron chi connectivity index (χ3n) is 4.34. The van der Waals surface area contributed by atoms with Gasteiger partial charge in [0.05, 0.1) is 25.4 Å². The molecule has 0 radical (unpaired) electrons. The van der Waals surface area contributed by atoms with Crippen LogP contribution in [0.2, 0.25) is 0 Å². The minimum absolute atomic E-state index is 0.237. The number of hydrogen-bond donors (Lipinski definition) is 1. The van der Waals surface area contributed by atoms with Gasteiger partial charge in [0, 0.05) is 5.69 Å². The van der Waals surface area contributed by atoms with Crippen LogP contribution < -0.4 is 4.74 Å². The number of carboxylic acid groups (broad SMARTS) is 1. The van der Waals surface area contributed by atoms with E-state index in [1.807, 2.05) is 24.3 Å². The Kier molecular flexibility index (Phi) is 3.90. The van der Waals surface area contributed by atoms with Gasteiger partial charge in [-0.15, -0.1) is 0 Å². The van der Waals surface area contributed by atoms with Gasteiger partial charge in [0.15, 0.2) is 5.78 Å². The highest BCUT2D eigenvalue weighted by Crippen LogP contribution is 2.30. The number of ketones is 1. The van der Waals surface area contributed by atoms with Gasteiger partial charge in [-0.1, -0.05) is 19.1 Å². The molecule has 0 spiro atoms. The third kappa shape index (κ3) is 2.72. The molecule has 0 amide bonds. The fraction of sp³-hybridized carbons (Fsp3) is 0.353. The molecule has 0 saturated heterocycles. The van der Waals surface area contributed by atoms with E-state index in [0.717, 1.165) is 17.0 Å². The Morgan fingerprint density at radius 1 is 1.39 bits per heavy atom. The van der Waals surface area contributed by atoms with Crippen molar-refractivity contribution in [1.29, 1.82) is 0 Å². The van der Waals surface area contributed by atoms with Crippen molar-refractivity contribution < 1.29 is 19.4 Å². The maximum Gasteiger partial charge on any atom is 0.314 e. The normalized spacial score (nSPS) is 20.2. The first-order valence-electron chi connectivity index (χ1n) is 7.46. The lowest BCUT2D eigenvalue weighted by Gasteiger charge is -2.25. The summed E-state index contributed by atoms with van der Waals surface area (Å²) in [7, 11) is 1.62. The summed E-state index contributed by atoms with van der Waals surface area (Å²) in [5.41, 5.74) is 2.29. The van der Waals surface area contributed by atoms with Crippen LogP contribution in [0.3, 0.4) is 0 Å². The largest absolute Gasteiger partial charge is 0.497 e. The van der Waals surface area contributed by atoms with Crippen LogP contribution in [0.25, 0.3) is 0 Å². The number of rotatable bonds is 4. The highest BCUT2D eigenvalue weighted by molar-refractivity contribution is 6.09. The van der Waals surface area contributed by atoms with Gasteiger partial charge in [-0.25, -0.2) is 0 Å². The Bertz CT molecular complexity index is 748. The lowest BCUT2D eigenvalue weighted by Crippen LogP contribution is -2.36. The van der Waals surface area contributed by atoms with Crippen LogP contribution in [0, 0.1) is 11.8 Å². The zero-order chi connectivity index (χ0) is 16.6. The molecule has 23 heavy (non-hydrogen) atoms. The van der Waals surface area contributed by atoms with Crippen LogP contribution in [0.4, 0.5) is 0 Å². The van der Waals surface area contributed by atoms with Crippen molar-refractivity contribution in [3.63, 3.8) is 0 Å². The molecule has 2 aromatic rings. The lowest BCUT2D eigenvalue weighted by molar-refractivity contribution is -0.141. The molecule has 0 saturated carbocycles. The number of ether oxygens (including phenoxy) is 1. The van der Waals surface area contributed by atoms with E-state index in [2.05, 4.69) is 5.10 Å². The molecule has 3 rings (SSSR count). The number of carboxylic acids is 1. The second-order valence-corrected chi connectivity index (χ2v) is 5.87. The molecule has 120 valence electrons. The van der Waals surface area contributed by atoms with Crippen molar-refractivity contribution in [2.75, 3.05) is 7.11 Å². The Morgan fingerprint density at radius 2 is 2.09 bits per heavy atom. The topological polar surface area (TPSA) is 81.4 Å². The van der Waals surface area contributed by atoms with Gasteiger partial charge in [-0.3, -0.25) is 14.3 Å². The van der Waals surface area contributed by atoms with Crippen molar-refractivity contribution in [3.8, 4) is 5.75 Å². The molecule has 0 bridgehead atoms. The van der Waals surface area contributed by atoms with E-state index in [4.69, 9.17) is 4.74 Å². The van der Waals surface area contributed by atoms with Crippen molar-refractivity contribution in [1.82, 2.24) is 9.78 Å². The number of hydrogen-bond acceptors (Lipinski definition) is 4. The molecular formula is C17H18N2O4. The fourth-order valence-electron chi connectivity index (χ4n) is 3.08. The highest BCUT2D eigenvalue weighted by atomic mass is 16.5. The van der Waals surface area contributed by atoms with Crippen molar-refractivity contribution in [3.05, 3.63) is 47.3 Å². The van der Waals surface area contributed by atoms with Crippen LogP contribution in [0.5, 0.6) is 5.75 Å². The van der Waals surface area contributed by atoms with Gasteiger partial charge >= 0.3 is 5.97 Å². The number of nitrogens with zero attached hydrogens (tertiary/aromatic N) is 2. The standard InChI is InChI=1S/C17H18N2O4/c1-10-7-14-13(16(20)15(10)17(21)22)8-18-19(14)9-11-3-5-12(23-2)6-4-11/h3-6,8,10,15H,7,9H2,1-2H3,(H,21,22).